The first-order chi connectivity index (χ1) is 11.7. The highest BCUT2D eigenvalue weighted by Gasteiger charge is 2.08. The molecule has 1 amide bonds. The number of nitrogens with one attached hydrogen (secondary N) is 2. The van der Waals surface area contributed by atoms with Gasteiger partial charge in [0.2, 0.25) is 5.13 Å². The Bertz CT molecular complexity index is 853. The molecular weight excluding hydrogens is 324 g/mol. The number of pyridine rings is 1. The number of rotatable bonds is 5. The van der Waals surface area contributed by atoms with Gasteiger partial charge in [-0.25, -0.2) is 4.98 Å². The van der Waals surface area contributed by atoms with Crippen molar-refractivity contribution < 1.29 is 4.79 Å². The Labute approximate surface area is 142 Å². The molecule has 0 spiro atoms. The number of hydrogen-bond donors (Lipinski definition) is 2. The highest BCUT2D eigenvalue weighted by atomic mass is 32.1. The minimum absolute atomic E-state index is 0.280. The van der Waals surface area contributed by atoms with Gasteiger partial charge in [-0.05, 0) is 29.8 Å². The zero-order valence-electron chi connectivity index (χ0n) is 12.4. The van der Waals surface area contributed by atoms with Gasteiger partial charge in [0.05, 0.1) is 17.2 Å². The minimum atomic E-state index is -0.280. The van der Waals surface area contributed by atoms with Gasteiger partial charge in [0.1, 0.15) is 11.3 Å². The maximum Gasteiger partial charge on any atom is 0.259 e. The number of nitriles is 1. The van der Waals surface area contributed by atoms with Gasteiger partial charge < -0.3 is 5.32 Å². The quantitative estimate of drug-likeness (QED) is 0.742. The molecule has 1 aromatic carbocycles. The standard InChI is InChI=1S/C16H12N6OS/c17-7-11-1-3-12(4-2-11)8-18-14-6-5-13(9-19-14)15(23)21-16-22-20-10-24-16/h1-6,9-10H,8H2,(H,18,19)(H,21,22,23). The summed E-state index contributed by atoms with van der Waals surface area (Å²) >= 11 is 1.25. The minimum Gasteiger partial charge on any atom is -0.366 e. The number of anilines is 2. The van der Waals surface area contributed by atoms with Crippen molar-refractivity contribution >= 4 is 28.2 Å². The van der Waals surface area contributed by atoms with E-state index in [9.17, 15) is 4.79 Å². The molecule has 0 unspecified atom stereocenters. The van der Waals surface area contributed by atoms with Crippen LogP contribution >= 0.6 is 11.3 Å². The lowest BCUT2D eigenvalue weighted by atomic mass is 10.1. The summed E-state index contributed by atoms with van der Waals surface area (Å²) < 4.78 is 0. The predicted molar refractivity (Wildman–Crippen MR) is 90.6 cm³/mol. The summed E-state index contributed by atoms with van der Waals surface area (Å²) in [5.74, 6) is 0.379. The average Bonchev–Trinajstić information content (AvgIpc) is 3.14. The summed E-state index contributed by atoms with van der Waals surface area (Å²) in [4.78, 5) is 16.2. The van der Waals surface area contributed by atoms with Gasteiger partial charge in [-0.1, -0.05) is 23.5 Å². The monoisotopic (exact) mass is 336 g/mol. The topological polar surface area (TPSA) is 104 Å². The molecule has 0 atom stereocenters. The van der Waals surface area contributed by atoms with Crippen molar-refractivity contribution in [1.29, 1.82) is 5.26 Å². The van der Waals surface area contributed by atoms with Crippen LogP contribution in [0.2, 0.25) is 0 Å². The summed E-state index contributed by atoms with van der Waals surface area (Å²) in [5, 5.41) is 22.4. The van der Waals surface area contributed by atoms with Crippen LogP contribution in [-0.4, -0.2) is 21.1 Å². The van der Waals surface area contributed by atoms with Crippen LogP contribution in [0.3, 0.4) is 0 Å². The van der Waals surface area contributed by atoms with Crippen molar-refractivity contribution in [2.45, 2.75) is 6.54 Å². The first-order valence-electron chi connectivity index (χ1n) is 7.01. The molecular formula is C16H12N6OS. The molecule has 0 saturated carbocycles. The van der Waals surface area contributed by atoms with Crippen molar-refractivity contribution in [2.75, 3.05) is 10.6 Å². The summed E-state index contributed by atoms with van der Waals surface area (Å²) in [7, 11) is 0. The Balaban J connectivity index is 1.57. The lowest BCUT2D eigenvalue weighted by Crippen LogP contribution is -2.12. The molecule has 0 aliphatic carbocycles. The van der Waals surface area contributed by atoms with E-state index in [2.05, 4.69) is 31.9 Å². The van der Waals surface area contributed by atoms with E-state index in [0.717, 1.165) is 5.56 Å². The van der Waals surface area contributed by atoms with E-state index in [-0.39, 0.29) is 5.91 Å². The van der Waals surface area contributed by atoms with Gasteiger partial charge in [-0.15, -0.1) is 10.2 Å². The maximum absolute atomic E-state index is 12.0. The van der Waals surface area contributed by atoms with E-state index in [4.69, 9.17) is 5.26 Å². The van der Waals surface area contributed by atoms with Gasteiger partial charge in [0, 0.05) is 12.7 Å². The summed E-state index contributed by atoms with van der Waals surface area (Å²) in [6, 6.07) is 12.8. The SMILES string of the molecule is N#Cc1ccc(CNc2ccc(C(=O)Nc3nncs3)cn2)cc1. The van der Waals surface area contributed by atoms with Crippen molar-refractivity contribution in [3.05, 3.63) is 64.8 Å². The van der Waals surface area contributed by atoms with Gasteiger partial charge in [-0.3, -0.25) is 10.1 Å². The number of benzene rings is 1. The number of carbonyl (C=O) groups is 1. The second-order valence-electron chi connectivity index (χ2n) is 4.79. The van der Waals surface area contributed by atoms with Crippen molar-refractivity contribution in [3.63, 3.8) is 0 Å². The molecule has 0 aliphatic rings. The highest BCUT2D eigenvalue weighted by molar-refractivity contribution is 7.13. The molecule has 0 radical (unpaired) electrons. The summed E-state index contributed by atoms with van der Waals surface area (Å²) in [5.41, 5.74) is 3.65. The summed E-state index contributed by atoms with van der Waals surface area (Å²) in [6.45, 7) is 0.578. The lowest BCUT2D eigenvalue weighted by molar-refractivity contribution is 0.102. The van der Waals surface area contributed by atoms with Gasteiger partial charge in [0.15, 0.2) is 0 Å². The number of aromatic nitrogens is 3. The Hall–Kier alpha value is -3.31. The molecule has 0 fully saturated rings. The first kappa shape index (κ1) is 15.6. The van der Waals surface area contributed by atoms with Crippen LogP contribution in [0.25, 0.3) is 0 Å². The average molecular weight is 336 g/mol. The number of nitrogens with zero attached hydrogens (tertiary/aromatic N) is 4. The van der Waals surface area contributed by atoms with E-state index in [0.29, 0.717) is 28.6 Å². The Morgan fingerprint density at radius 3 is 2.67 bits per heavy atom. The maximum atomic E-state index is 12.0. The van der Waals surface area contributed by atoms with Gasteiger partial charge in [-0.2, -0.15) is 5.26 Å². The lowest BCUT2D eigenvalue weighted by Gasteiger charge is -2.07. The van der Waals surface area contributed by atoms with E-state index in [1.54, 1.807) is 29.8 Å². The third kappa shape index (κ3) is 3.91. The molecule has 0 aliphatic heterocycles. The summed E-state index contributed by atoms with van der Waals surface area (Å²) in [6.07, 6.45) is 1.50. The zero-order valence-corrected chi connectivity index (χ0v) is 13.2. The number of hydrogen-bond acceptors (Lipinski definition) is 7. The normalized spacial score (nSPS) is 9.96. The first-order valence-corrected chi connectivity index (χ1v) is 7.89. The van der Waals surface area contributed by atoms with Crippen molar-refractivity contribution in [3.8, 4) is 6.07 Å². The molecule has 3 rings (SSSR count). The molecule has 2 N–H and O–H groups in total. The Kier molecular flexibility index (Phi) is 4.74. The smallest absolute Gasteiger partial charge is 0.259 e. The van der Waals surface area contributed by atoms with Crippen molar-refractivity contribution in [1.82, 2.24) is 15.2 Å². The Morgan fingerprint density at radius 1 is 1.21 bits per heavy atom. The molecule has 24 heavy (non-hydrogen) atoms. The molecule has 0 saturated heterocycles. The molecule has 118 valence electrons. The van der Waals surface area contributed by atoms with Crippen molar-refractivity contribution in [2.24, 2.45) is 0 Å². The van der Waals surface area contributed by atoms with Crippen LogP contribution in [0.15, 0.2) is 48.1 Å². The highest BCUT2D eigenvalue weighted by Crippen LogP contribution is 2.12. The number of amides is 1. The molecule has 0 bridgehead atoms. The predicted octanol–water partition coefficient (Wildman–Crippen LogP) is 2.67. The molecule has 8 heteroatoms. The van der Waals surface area contributed by atoms with E-state index < -0.39 is 0 Å². The van der Waals surface area contributed by atoms with Crippen LogP contribution in [0.4, 0.5) is 10.9 Å². The van der Waals surface area contributed by atoms with Crippen LogP contribution in [0, 0.1) is 11.3 Å². The zero-order chi connectivity index (χ0) is 16.8. The van der Waals surface area contributed by atoms with Crippen LogP contribution in [0.1, 0.15) is 21.5 Å². The second-order valence-corrected chi connectivity index (χ2v) is 5.63. The van der Waals surface area contributed by atoms with Gasteiger partial charge in [0.25, 0.3) is 5.91 Å². The third-order valence-corrected chi connectivity index (χ3v) is 3.77. The Morgan fingerprint density at radius 2 is 2.04 bits per heavy atom. The molecule has 7 nitrogen and oxygen atoms in total. The fraction of sp³-hybridized carbons (Fsp3) is 0.0625. The van der Waals surface area contributed by atoms with Crippen LogP contribution in [-0.2, 0) is 6.54 Å². The van der Waals surface area contributed by atoms with Crippen LogP contribution in [0.5, 0.6) is 0 Å². The van der Waals surface area contributed by atoms with Crippen LogP contribution < -0.4 is 10.6 Å². The molecule has 2 aromatic heterocycles. The van der Waals surface area contributed by atoms with E-state index in [1.807, 2.05) is 12.1 Å². The fourth-order valence-electron chi connectivity index (χ4n) is 1.92. The second kappa shape index (κ2) is 7.30. The third-order valence-electron chi connectivity index (χ3n) is 3.16. The van der Waals surface area contributed by atoms with E-state index >= 15 is 0 Å². The molecule has 2 heterocycles. The largest absolute Gasteiger partial charge is 0.366 e. The number of carbonyl (C=O) groups excluding carboxylic acids is 1. The fourth-order valence-corrected chi connectivity index (χ4v) is 2.36. The molecule has 3 aromatic rings. The van der Waals surface area contributed by atoms with Gasteiger partial charge >= 0.3 is 0 Å². The van der Waals surface area contributed by atoms with E-state index in [1.165, 1.54) is 17.5 Å².